The van der Waals surface area contributed by atoms with Gasteiger partial charge in [-0.25, -0.2) is 13.4 Å². The van der Waals surface area contributed by atoms with Crippen molar-refractivity contribution in [2.45, 2.75) is 13.5 Å². The summed E-state index contributed by atoms with van der Waals surface area (Å²) in [6.07, 6.45) is 0. The molecule has 1 aliphatic heterocycles. The number of halogens is 2. The van der Waals surface area contributed by atoms with Crippen molar-refractivity contribution < 1.29 is 27.5 Å². The minimum Gasteiger partial charge on any atom is -0.485 e. The number of piperazine rings is 1. The zero-order chi connectivity index (χ0) is 20.4. The van der Waals surface area contributed by atoms with E-state index < -0.39 is 11.6 Å². The molecule has 152 valence electrons. The van der Waals surface area contributed by atoms with Gasteiger partial charge in [0.05, 0.1) is 0 Å². The number of amides is 1. The molecule has 1 aromatic carbocycles. The lowest BCUT2D eigenvalue weighted by atomic mass is 10.2. The standard InChI is InChI=1S/C18H17F2N5O4/c1-11-17(23-29-21-11)24-4-6-25(7-5-24)18(26)16-9-13(28-22-16)10-27-12-2-3-14(19)15(20)8-12/h2-3,8-9H,4-7,10H2,1H3. The molecule has 0 atom stereocenters. The Morgan fingerprint density at radius 3 is 2.59 bits per heavy atom. The molecule has 3 aromatic rings. The van der Waals surface area contributed by atoms with Crippen LogP contribution in [0.3, 0.4) is 0 Å². The van der Waals surface area contributed by atoms with E-state index in [9.17, 15) is 13.6 Å². The van der Waals surface area contributed by atoms with E-state index in [0.717, 1.165) is 12.1 Å². The molecule has 3 heterocycles. The first-order chi connectivity index (χ1) is 14.0. The molecular weight excluding hydrogens is 388 g/mol. The summed E-state index contributed by atoms with van der Waals surface area (Å²) in [5, 5.41) is 11.4. The zero-order valence-corrected chi connectivity index (χ0v) is 15.5. The quantitative estimate of drug-likeness (QED) is 0.637. The Bertz CT molecular complexity index is 1010. The predicted molar refractivity (Wildman–Crippen MR) is 94.3 cm³/mol. The Hall–Kier alpha value is -3.50. The smallest absolute Gasteiger partial charge is 0.276 e. The van der Waals surface area contributed by atoms with Crippen molar-refractivity contribution in [2.75, 3.05) is 31.1 Å². The van der Waals surface area contributed by atoms with Gasteiger partial charge >= 0.3 is 0 Å². The van der Waals surface area contributed by atoms with Crippen molar-refractivity contribution >= 4 is 11.7 Å². The summed E-state index contributed by atoms with van der Waals surface area (Å²) >= 11 is 0. The Labute approximate surface area is 163 Å². The molecular formula is C18H17F2N5O4. The van der Waals surface area contributed by atoms with Crippen LogP contribution in [-0.2, 0) is 6.61 Å². The van der Waals surface area contributed by atoms with Crippen molar-refractivity contribution in [3.63, 3.8) is 0 Å². The largest absolute Gasteiger partial charge is 0.485 e. The van der Waals surface area contributed by atoms with Crippen molar-refractivity contribution in [2.24, 2.45) is 0 Å². The lowest BCUT2D eigenvalue weighted by Crippen LogP contribution is -2.49. The summed E-state index contributed by atoms with van der Waals surface area (Å²) in [6.45, 7) is 3.88. The van der Waals surface area contributed by atoms with E-state index in [2.05, 4.69) is 15.5 Å². The van der Waals surface area contributed by atoms with Crippen molar-refractivity contribution in [1.29, 1.82) is 0 Å². The summed E-state index contributed by atoms with van der Waals surface area (Å²) in [5.41, 5.74) is 0.855. The van der Waals surface area contributed by atoms with Gasteiger partial charge in [-0.05, 0) is 24.2 Å². The van der Waals surface area contributed by atoms with E-state index in [1.165, 1.54) is 12.1 Å². The van der Waals surface area contributed by atoms with Crippen LogP contribution in [0.15, 0.2) is 33.4 Å². The molecule has 0 unspecified atom stereocenters. The second-order valence-corrected chi connectivity index (χ2v) is 6.50. The minimum atomic E-state index is -1.01. The van der Waals surface area contributed by atoms with Gasteiger partial charge in [0.2, 0.25) is 0 Å². The molecule has 9 nitrogen and oxygen atoms in total. The monoisotopic (exact) mass is 405 g/mol. The molecule has 29 heavy (non-hydrogen) atoms. The topological polar surface area (TPSA) is 97.7 Å². The first-order valence-electron chi connectivity index (χ1n) is 8.88. The first kappa shape index (κ1) is 18.8. The molecule has 0 aliphatic carbocycles. The van der Waals surface area contributed by atoms with E-state index >= 15 is 0 Å². The van der Waals surface area contributed by atoms with Crippen molar-refractivity contribution in [1.82, 2.24) is 20.4 Å². The highest BCUT2D eigenvalue weighted by Crippen LogP contribution is 2.19. The number of hydrogen-bond donors (Lipinski definition) is 0. The highest BCUT2D eigenvalue weighted by molar-refractivity contribution is 5.92. The van der Waals surface area contributed by atoms with Crippen LogP contribution in [0.1, 0.15) is 21.9 Å². The van der Waals surface area contributed by atoms with Crippen LogP contribution in [0.5, 0.6) is 5.75 Å². The van der Waals surface area contributed by atoms with Gasteiger partial charge in [0.15, 0.2) is 28.9 Å². The average molecular weight is 405 g/mol. The molecule has 1 amide bonds. The highest BCUT2D eigenvalue weighted by Gasteiger charge is 2.26. The molecule has 0 bridgehead atoms. The summed E-state index contributed by atoms with van der Waals surface area (Å²) in [5.74, 6) is -1.12. The lowest BCUT2D eigenvalue weighted by Gasteiger charge is -2.34. The van der Waals surface area contributed by atoms with E-state index in [4.69, 9.17) is 13.9 Å². The third kappa shape index (κ3) is 4.03. The summed E-state index contributed by atoms with van der Waals surface area (Å²) in [4.78, 5) is 16.3. The maximum atomic E-state index is 13.2. The van der Waals surface area contributed by atoms with Crippen LogP contribution >= 0.6 is 0 Å². The Balaban J connectivity index is 1.32. The number of ether oxygens (including phenoxy) is 1. The van der Waals surface area contributed by atoms with E-state index in [1.807, 2.05) is 11.8 Å². The number of carbonyl (C=O) groups is 1. The second kappa shape index (κ2) is 7.86. The molecule has 11 heteroatoms. The third-order valence-corrected chi connectivity index (χ3v) is 4.55. The predicted octanol–water partition coefficient (Wildman–Crippen LogP) is 2.19. The van der Waals surface area contributed by atoms with Gasteiger partial charge in [0, 0.05) is 38.3 Å². The van der Waals surface area contributed by atoms with Crippen LogP contribution in [-0.4, -0.2) is 52.5 Å². The number of anilines is 1. The highest BCUT2D eigenvalue weighted by atomic mass is 19.2. The average Bonchev–Trinajstić information content (AvgIpc) is 3.37. The first-order valence-corrected chi connectivity index (χ1v) is 8.88. The molecule has 4 rings (SSSR count). The van der Waals surface area contributed by atoms with Crippen LogP contribution < -0.4 is 9.64 Å². The van der Waals surface area contributed by atoms with E-state index in [-0.39, 0.29) is 24.0 Å². The van der Waals surface area contributed by atoms with Gasteiger partial charge in [-0.15, -0.1) is 0 Å². The van der Waals surface area contributed by atoms with E-state index in [1.54, 1.807) is 4.90 Å². The van der Waals surface area contributed by atoms with Crippen LogP contribution in [0, 0.1) is 18.6 Å². The normalized spacial score (nSPS) is 14.3. The number of rotatable bonds is 5. The van der Waals surface area contributed by atoms with Gasteiger partial charge in [0.25, 0.3) is 5.91 Å². The summed E-state index contributed by atoms with van der Waals surface area (Å²) < 4.78 is 41.3. The molecule has 0 saturated carbocycles. The fourth-order valence-corrected chi connectivity index (χ4v) is 3.00. The molecule has 2 aromatic heterocycles. The molecule has 0 spiro atoms. The Morgan fingerprint density at radius 2 is 1.90 bits per heavy atom. The second-order valence-electron chi connectivity index (χ2n) is 6.50. The fourth-order valence-electron chi connectivity index (χ4n) is 3.00. The Morgan fingerprint density at radius 1 is 1.10 bits per heavy atom. The number of aromatic nitrogens is 3. The van der Waals surface area contributed by atoms with Crippen molar-refractivity contribution in [3.05, 3.63) is 53.0 Å². The molecule has 1 aliphatic rings. The van der Waals surface area contributed by atoms with Gasteiger partial charge < -0.3 is 19.1 Å². The van der Waals surface area contributed by atoms with Gasteiger partial charge in [-0.2, -0.15) is 0 Å². The summed E-state index contributed by atoms with van der Waals surface area (Å²) in [6, 6.07) is 4.67. The van der Waals surface area contributed by atoms with E-state index in [0.29, 0.717) is 43.5 Å². The van der Waals surface area contributed by atoms with Crippen LogP contribution in [0.25, 0.3) is 0 Å². The molecule has 0 radical (unpaired) electrons. The van der Waals surface area contributed by atoms with Crippen LogP contribution in [0.2, 0.25) is 0 Å². The number of aryl methyl sites for hydroxylation is 1. The molecule has 0 N–H and O–H groups in total. The van der Waals surface area contributed by atoms with Crippen LogP contribution in [0.4, 0.5) is 14.6 Å². The van der Waals surface area contributed by atoms with Gasteiger partial charge in [-0.3, -0.25) is 4.79 Å². The lowest BCUT2D eigenvalue weighted by molar-refractivity contribution is 0.0735. The SMILES string of the molecule is Cc1nonc1N1CCN(C(=O)c2cc(COc3ccc(F)c(F)c3)on2)CC1. The fraction of sp³-hybridized carbons (Fsp3) is 0.333. The maximum absolute atomic E-state index is 13.2. The molecule has 1 fully saturated rings. The molecule has 1 saturated heterocycles. The number of benzene rings is 1. The number of nitrogens with zero attached hydrogens (tertiary/aromatic N) is 5. The van der Waals surface area contributed by atoms with Gasteiger partial charge in [0.1, 0.15) is 18.1 Å². The third-order valence-electron chi connectivity index (χ3n) is 4.55. The number of carbonyl (C=O) groups excluding carboxylic acids is 1. The van der Waals surface area contributed by atoms with Crippen molar-refractivity contribution in [3.8, 4) is 5.75 Å². The Kier molecular flexibility index (Phi) is 5.10. The number of hydrogen-bond acceptors (Lipinski definition) is 8. The maximum Gasteiger partial charge on any atom is 0.276 e. The summed E-state index contributed by atoms with van der Waals surface area (Å²) in [7, 11) is 0. The zero-order valence-electron chi connectivity index (χ0n) is 15.5. The minimum absolute atomic E-state index is 0.0719. The van der Waals surface area contributed by atoms with Gasteiger partial charge in [-0.1, -0.05) is 10.3 Å².